The first-order chi connectivity index (χ1) is 6.79. The molecule has 2 saturated heterocycles. The van der Waals surface area contributed by atoms with Crippen LogP contribution < -0.4 is 0 Å². The minimum atomic E-state index is 0.916. The number of hydrogen-bond acceptors (Lipinski definition) is 2. The Kier molecular flexibility index (Phi) is 3.45. The summed E-state index contributed by atoms with van der Waals surface area (Å²) in [5, 5.41) is 0. The van der Waals surface area contributed by atoms with Crippen molar-refractivity contribution in [2.45, 2.75) is 39.2 Å². The molecule has 14 heavy (non-hydrogen) atoms. The van der Waals surface area contributed by atoms with Crippen LogP contribution in [0.1, 0.15) is 33.1 Å². The van der Waals surface area contributed by atoms with Crippen molar-refractivity contribution in [2.75, 3.05) is 32.7 Å². The highest BCUT2D eigenvalue weighted by atomic mass is 15.2. The molecule has 0 spiro atoms. The Balaban J connectivity index is 1.68. The molecule has 2 heteroatoms. The molecule has 2 aliphatic rings. The summed E-state index contributed by atoms with van der Waals surface area (Å²) in [6.07, 6.45) is 4.13. The summed E-state index contributed by atoms with van der Waals surface area (Å²) in [5.74, 6) is 0.962. The van der Waals surface area contributed by atoms with Crippen molar-refractivity contribution >= 4 is 0 Å². The molecular formula is C12H24N2. The molecular weight excluding hydrogens is 172 g/mol. The van der Waals surface area contributed by atoms with Crippen molar-refractivity contribution in [3.05, 3.63) is 0 Å². The minimum Gasteiger partial charge on any atom is -0.303 e. The van der Waals surface area contributed by atoms with E-state index >= 15 is 0 Å². The van der Waals surface area contributed by atoms with Gasteiger partial charge in [-0.2, -0.15) is 0 Å². The molecule has 0 aromatic rings. The van der Waals surface area contributed by atoms with E-state index in [0.29, 0.717) is 0 Å². The molecule has 0 unspecified atom stereocenters. The Bertz CT molecular complexity index is 167. The maximum absolute atomic E-state index is 2.69. The number of rotatable bonds is 3. The van der Waals surface area contributed by atoms with E-state index in [9.17, 15) is 0 Å². The second-order valence-electron chi connectivity index (χ2n) is 5.13. The van der Waals surface area contributed by atoms with Crippen LogP contribution in [0.3, 0.4) is 0 Å². The first kappa shape index (κ1) is 10.4. The zero-order valence-corrected chi connectivity index (χ0v) is 9.71. The first-order valence-corrected chi connectivity index (χ1v) is 6.26. The summed E-state index contributed by atoms with van der Waals surface area (Å²) in [7, 11) is 0. The SMILES string of the molecule is CCCN1CCC(N2CC(C)C2)CC1. The van der Waals surface area contributed by atoms with Gasteiger partial charge in [0, 0.05) is 19.1 Å². The average Bonchev–Trinajstić information content (AvgIpc) is 2.15. The molecule has 0 radical (unpaired) electrons. The molecule has 0 aliphatic carbocycles. The van der Waals surface area contributed by atoms with Crippen molar-refractivity contribution in [3.8, 4) is 0 Å². The normalized spacial score (nSPS) is 27.9. The third kappa shape index (κ3) is 2.29. The Labute approximate surface area is 88.3 Å². The van der Waals surface area contributed by atoms with Crippen LogP contribution in [0.2, 0.25) is 0 Å². The third-order valence-electron chi connectivity index (χ3n) is 3.71. The van der Waals surface area contributed by atoms with Gasteiger partial charge in [-0.25, -0.2) is 0 Å². The molecule has 0 bridgehead atoms. The van der Waals surface area contributed by atoms with Crippen molar-refractivity contribution in [3.63, 3.8) is 0 Å². The fourth-order valence-corrected chi connectivity index (χ4v) is 2.87. The van der Waals surface area contributed by atoms with Gasteiger partial charge in [0.05, 0.1) is 0 Å². The van der Waals surface area contributed by atoms with Gasteiger partial charge in [0.1, 0.15) is 0 Å². The lowest BCUT2D eigenvalue weighted by molar-refractivity contribution is 0.0266. The molecule has 0 aromatic carbocycles. The number of hydrogen-bond donors (Lipinski definition) is 0. The Morgan fingerprint density at radius 2 is 1.79 bits per heavy atom. The summed E-state index contributed by atoms with van der Waals surface area (Å²) in [4.78, 5) is 5.31. The van der Waals surface area contributed by atoms with Crippen molar-refractivity contribution < 1.29 is 0 Å². The van der Waals surface area contributed by atoms with E-state index in [1.807, 2.05) is 0 Å². The van der Waals surface area contributed by atoms with E-state index in [4.69, 9.17) is 0 Å². The summed E-state index contributed by atoms with van der Waals surface area (Å²) < 4.78 is 0. The van der Waals surface area contributed by atoms with E-state index < -0.39 is 0 Å². The summed E-state index contributed by atoms with van der Waals surface area (Å²) >= 11 is 0. The standard InChI is InChI=1S/C12H24N2/c1-3-6-13-7-4-12(5-8-13)14-9-11(2)10-14/h11-12H,3-10H2,1-2H3. The molecule has 2 heterocycles. The van der Waals surface area contributed by atoms with Gasteiger partial charge in [0.15, 0.2) is 0 Å². The highest BCUT2D eigenvalue weighted by Crippen LogP contribution is 2.24. The predicted molar refractivity (Wildman–Crippen MR) is 60.5 cm³/mol. The van der Waals surface area contributed by atoms with Crippen LogP contribution in [0.5, 0.6) is 0 Å². The van der Waals surface area contributed by atoms with Crippen LogP contribution >= 0.6 is 0 Å². The quantitative estimate of drug-likeness (QED) is 0.679. The molecule has 0 amide bonds. The van der Waals surface area contributed by atoms with Crippen LogP contribution in [-0.2, 0) is 0 Å². The van der Waals surface area contributed by atoms with Crippen LogP contribution in [0, 0.1) is 5.92 Å². The van der Waals surface area contributed by atoms with E-state index in [2.05, 4.69) is 23.6 Å². The van der Waals surface area contributed by atoms with Crippen LogP contribution in [0.15, 0.2) is 0 Å². The Morgan fingerprint density at radius 1 is 1.14 bits per heavy atom. The number of nitrogens with zero attached hydrogens (tertiary/aromatic N) is 2. The zero-order valence-electron chi connectivity index (χ0n) is 9.71. The summed E-state index contributed by atoms with van der Waals surface area (Å²) in [6.45, 7) is 11.3. The van der Waals surface area contributed by atoms with E-state index in [1.165, 1.54) is 52.0 Å². The molecule has 82 valence electrons. The van der Waals surface area contributed by atoms with E-state index in [-0.39, 0.29) is 0 Å². The van der Waals surface area contributed by atoms with Crippen molar-refractivity contribution in [1.82, 2.24) is 9.80 Å². The molecule has 2 rings (SSSR count). The van der Waals surface area contributed by atoms with Gasteiger partial charge in [0.2, 0.25) is 0 Å². The lowest BCUT2D eigenvalue weighted by Crippen LogP contribution is -2.54. The zero-order chi connectivity index (χ0) is 9.97. The minimum absolute atomic E-state index is 0.916. The summed E-state index contributed by atoms with van der Waals surface area (Å²) in [5.41, 5.74) is 0. The van der Waals surface area contributed by atoms with Gasteiger partial charge < -0.3 is 4.90 Å². The monoisotopic (exact) mass is 196 g/mol. The average molecular weight is 196 g/mol. The lowest BCUT2D eigenvalue weighted by atomic mass is 9.94. The van der Waals surface area contributed by atoms with Gasteiger partial charge in [-0.15, -0.1) is 0 Å². The number of likely N-dealkylation sites (tertiary alicyclic amines) is 2. The topological polar surface area (TPSA) is 6.48 Å². The van der Waals surface area contributed by atoms with Crippen LogP contribution in [0.25, 0.3) is 0 Å². The highest BCUT2D eigenvalue weighted by Gasteiger charge is 2.31. The second-order valence-corrected chi connectivity index (χ2v) is 5.13. The maximum Gasteiger partial charge on any atom is 0.0120 e. The molecule has 2 aliphatic heterocycles. The summed E-state index contributed by atoms with van der Waals surface area (Å²) in [6, 6.07) is 0.916. The van der Waals surface area contributed by atoms with Crippen molar-refractivity contribution in [1.29, 1.82) is 0 Å². The largest absolute Gasteiger partial charge is 0.303 e. The molecule has 0 saturated carbocycles. The van der Waals surface area contributed by atoms with Crippen molar-refractivity contribution in [2.24, 2.45) is 5.92 Å². The predicted octanol–water partition coefficient (Wildman–Crippen LogP) is 1.81. The Hall–Kier alpha value is -0.0800. The first-order valence-electron chi connectivity index (χ1n) is 6.26. The molecule has 0 N–H and O–H groups in total. The fraction of sp³-hybridized carbons (Fsp3) is 1.00. The molecule has 0 atom stereocenters. The third-order valence-corrected chi connectivity index (χ3v) is 3.71. The van der Waals surface area contributed by atoms with Gasteiger partial charge in [-0.05, 0) is 44.8 Å². The second kappa shape index (κ2) is 4.63. The van der Waals surface area contributed by atoms with Gasteiger partial charge >= 0.3 is 0 Å². The van der Waals surface area contributed by atoms with Gasteiger partial charge in [-0.3, -0.25) is 4.90 Å². The van der Waals surface area contributed by atoms with Crippen LogP contribution in [-0.4, -0.2) is 48.6 Å². The molecule has 2 fully saturated rings. The van der Waals surface area contributed by atoms with E-state index in [1.54, 1.807) is 0 Å². The Morgan fingerprint density at radius 3 is 2.29 bits per heavy atom. The van der Waals surface area contributed by atoms with Gasteiger partial charge in [0.25, 0.3) is 0 Å². The molecule has 0 aromatic heterocycles. The van der Waals surface area contributed by atoms with E-state index in [0.717, 1.165) is 12.0 Å². The molecule has 2 nitrogen and oxygen atoms in total. The smallest absolute Gasteiger partial charge is 0.0120 e. The fourth-order valence-electron chi connectivity index (χ4n) is 2.87. The van der Waals surface area contributed by atoms with Crippen LogP contribution in [0.4, 0.5) is 0 Å². The number of piperidine rings is 1. The highest BCUT2D eigenvalue weighted by molar-refractivity contribution is 4.86. The van der Waals surface area contributed by atoms with Gasteiger partial charge in [-0.1, -0.05) is 13.8 Å². The lowest BCUT2D eigenvalue weighted by Gasteiger charge is -2.46. The maximum atomic E-state index is 2.69.